The van der Waals surface area contributed by atoms with Gasteiger partial charge in [-0.25, -0.2) is 9.67 Å². The summed E-state index contributed by atoms with van der Waals surface area (Å²) in [6, 6.07) is 4.37. The molecule has 0 bridgehead atoms. The zero-order valence-corrected chi connectivity index (χ0v) is 17.6. The van der Waals surface area contributed by atoms with E-state index in [0.29, 0.717) is 13.2 Å². The van der Waals surface area contributed by atoms with Gasteiger partial charge in [-0.05, 0) is 44.4 Å². The highest BCUT2D eigenvalue weighted by Gasteiger charge is 2.25. The number of rotatable bonds is 3. The summed E-state index contributed by atoms with van der Waals surface area (Å²) in [7, 11) is 1.91. The molecular weight excluding hydrogens is 388 g/mol. The molecule has 0 aliphatic carbocycles. The Morgan fingerprint density at radius 1 is 1.28 bits per heavy atom. The Morgan fingerprint density at radius 2 is 2.14 bits per heavy atom. The molecule has 1 saturated heterocycles. The minimum atomic E-state index is 0.245. The van der Waals surface area contributed by atoms with E-state index in [1.54, 1.807) is 0 Å². The molecule has 1 fully saturated rings. The van der Waals surface area contributed by atoms with Gasteiger partial charge < -0.3 is 9.64 Å². The highest BCUT2D eigenvalue weighted by Crippen LogP contribution is 2.39. The third-order valence-electron chi connectivity index (χ3n) is 5.27. The van der Waals surface area contributed by atoms with Gasteiger partial charge in [0.1, 0.15) is 22.7 Å². The molecule has 29 heavy (non-hydrogen) atoms. The van der Waals surface area contributed by atoms with Crippen LogP contribution in [0.5, 0.6) is 0 Å². The zero-order chi connectivity index (χ0) is 20.1. The number of fused-ring (bicyclic) bond motifs is 1. The van der Waals surface area contributed by atoms with Crippen LogP contribution in [0.3, 0.4) is 0 Å². The number of nitrogens with one attached hydrogen (secondary N) is 1. The Morgan fingerprint density at radius 3 is 2.83 bits per heavy atom. The predicted octanol–water partition coefficient (Wildman–Crippen LogP) is 2.72. The van der Waals surface area contributed by atoms with Crippen molar-refractivity contribution in [1.82, 2.24) is 34.5 Å². The Hall–Kier alpha value is -2.85. The highest BCUT2D eigenvalue weighted by molar-refractivity contribution is 7.14. The van der Waals surface area contributed by atoms with Crippen molar-refractivity contribution in [3.8, 4) is 22.6 Å². The maximum absolute atomic E-state index is 5.62. The van der Waals surface area contributed by atoms with Gasteiger partial charge in [0.05, 0.1) is 35.3 Å². The normalized spacial score (nSPS) is 17.4. The lowest BCUT2D eigenvalue weighted by molar-refractivity contribution is 0.0986. The van der Waals surface area contributed by atoms with Crippen LogP contribution in [-0.4, -0.2) is 60.3 Å². The van der Waals surface area contributed by atoms with Gasteiger partial charge in [-0.15, -0.1) is 5.10 Å². The fourth-order valence-electron chi connectivity index (χ4n) is 3.83. The molecule has 9 nitrogen and oxygen atoms in total. The molecule has 4 aromatic heterocycles. The topological polar surface area (TPSA) is 97.6 Å². The lowest BCUT2D eigenvalue weighted by Crippen LogP contribution is -2.44. The molecular formula is C19H22N8OS. The van der Waals surface area contributed by atoms with Crippen molar-refractivity contribution in [1.29, 1.82) is 0 Å². The Bertz CT molecular complexity index is 1170. The van der Waals surface area contributed by atoms with Crippen LogP contribution in [0.2, 0.25) is 0 Å². The molecule has 1 atom stereocenters. The Kier molecular flexibility index (Phi) is 4.32. The minimum absolute atomic E-state index is 0.245. The number of aromatic amines is 1. The summed E-state index contributed by atoms with van der Waals surface area (Å²) in [6.45, 7) is 8.30. The molecule has 0 spiro atoms. The third kappa shape index (κ3) is 2.99. The van der Waals surface area contributed by atoms with Gasteiger partial charge in [-0.2, -0.15) is 9.47 Å². The number of aromatic nitrogens is 7. The van der Waals surface area contributed by atoms with Crippen molar-refractivity contribution < 1.29 is 4.74 Å². The monoisotopic (exact) mass is 410 g/mol. The van der Waals surface area contributed by atoms with Crippen molar-refractivity contribution in [3.05, 3.63) is 23.5 Å². The molecule has 1 unspecified atom stereocenters. The number of hydrogen-bond acceptors (Lipinski definition) is 8. The van der Waals surface area contributed by atoms with Crippen molar-refractivity contribution in [2.45, 2.75) is 26.8 Å². The summed E-state index contributed by atoms with van der Waals surface area (Å²) in [4.78, 5) is 7.33. The van der Waals surface area contributed by atoms with E-state index in [1.807, 2.05) is 31.6 Å². The van der Waals surface area contributed by atoms with Crippen LogP contribution in [0, 0.1) is 13.8 Å². The minimum Gasteiger partial charge on any atom is -0.377 e. The van der Waals surface area contributed by atoms with E-state index in [1.165, 1.54) is 11.5 Å². The fraction of sp³-hybridized carbons (Fsp3) is 0.421. The number of H-pyrrole nitrogens is 1. The second kappa shape index (κ2) is 6.89. The second-order valence-corrected chi connectivity index (χ2v) is 8.21. The maximum Gasteiger partial charge on any atom is 0.131 e. The first-order chi connectivity index (χ1) is 14.0. The van der Waals surface area contributed by atoms with E-state index in [-0.39, 0.29) is 6.04 Å². The number of pyridine rings is 1. The van der Waals surface area contributed by atoms with Gasteiger partial charge in [-0.1, -0.05) is 5.21 Å². The first-order valence-electron chi connectivity index (χ1n) is 9.56. The molecule has 1 aliphatic rings. The van der Waals surface area contributed by atoms with E-state index in [0.717, 1.165) is 56.6 Å². The van der Waals surface area contributed by atoms with Gasteiger partial charge in [-0.3, -0.25) is 5.10 Å². The second-order valence-electron chi connectivity index (χ2n) is 7.44. The van der Waals surface area contributed by atoms with Gasteiger partial charge >= 0.3 is 0 Å². The average Bonchev–Trinajstić information content (AvgIpc) is 3.40. The van der Waals surface area contributed by atoms with Crippen LogP contribution in [0.4, 0.5) is 5.82 Å². The summed E-state index contributed by atoms with van der Waals surface area (Å²) >= 11 is 1.44. The van der Waals surface area contributed by atoms with E-state index in [2.05, 4.69) is 38.4 Å². The number of anilines is 1. The van der Waals surface area contributed by atoms with Crippen molar-refractivity contribution in [2.24, 2.45) is 7.05 Å². The quantitative estimate of drug-likeness (QED) is 0.554. The van der Waals surface area contributed by atoms with Crippen LogP contribution in [0.25, 0.3) is 32.9 Å². The summed E-state index contributed by atoms with van der Waals surface area (Å²) in [5, 5.41) is 15.9. The van der Waals surface area contributed by atoms with Gasteiger partial charge in [0.15, 0.2) is 0 Å². The largest absolute Gasteiger partial charge is 0.377 e. The number of morpholine rings is 1. The average molecular weight is 411 g/mol. The van der Waals surface area contributed by atoms with E-state index in [4.69, 9.17) is 14.1 Å². The molecule has 4 aromatic rings. The van der Waals surface area contributed by atoms with Crippen molar-refractivity contribution in [2.75, 3.05) is 24.7 Å². The number of nitrogens with zero attached hydrogens (tertiary/aromatic N) is 7. The van der Waals surface area contributed by atoms with Crippen LogP contribution >= 0.6 is 11.5 Å². The molecule has 1 aliphatic heterocycles. The van der Waals surface area contributed by atoms with Crippen LogP contribution in [0.15, 0.2) is 12.1 Å². The summed E-state index contributed by atoms with van der Waals surface area (Å²) in [6.07, 6.45) is 0. The molecule has 1 N–H and O–H groups in total. The fourth-order valence-corrected chi connectivity index (χ4v) is 4.68. The highest BCUT2D eigenvalue weighted by atomic mass is 32.1. The zero-order valence-electron chi connectivity index (χ0n) is 16.8. The number of aryl methyl sites for hydroxylation is 3. The number of hydrogen-bond donors (Lipinski definition) is 1. The molecule has 5 heterocycles. The smallest absolute Gasteiger partial charge is 0.131 e. The Labute approximate surface area is 171 Å². The SMILES string of the molecule is Cc1cc(-c2nsc3c(-c4c(C)nnn4C)cc(N4CCOCC4C)nc23)n[nH]1. The summed E-state index contributed by atoms with van der Waals surface area (Å²) in [5.41, 5.74) is 6.36. The summed E-state index contributed by atoms with van der Waals surface area (Å²) < 4.78 is 13.2. The van der Waals surface area contributed by atoms with Crippen LogP contribution in [0.1, 0.15) is 18.3 Å². The standard InChI is InChI=1S/C19H22N8OS/c1-10-7-14(23-21-10)16-17-19(29-24-16)13(18-12(3)22-25-26(18)4)8-15(20-17)27-5-6-28-9-11(27)2/h7-8,11H,5-6,9H2,1-4H3,(H,21,23). The van der Waals surface area contributed by atoms with E-state index < -0.39 is 0 Å². The molecule has 0 amide bonds. The van der Waals surface area contributed by atoms with Gasteiger partial charge in [0.2, 0.25) is 0 Å². The first kappa shape index (κ1) is 18.2. The van der Waals surface area contributed by atoms with Crippen LogP contribution < -0.4 is 4.90 Å². The predicted molar refractivity (Wildman–Crippen MR) is 112 cm³/mol. The maximum atomic E-state index is 5.62. The third-order valence-corrected chi connectivity index (χ3v) is 6.14. The molecule has 150 valence electrons. The first-order valence-corrected chi connectivity index (χ1v) is 10.3. The van der Waals surface area contributed by atoms with Crippen molar-refractivity contribution in [3.63, 3.8) is 0 Å². The molecule has 0 radical (unpaired) electrons. The van der Waals surface area contributed by atoms with Crippen LogP contribution in [-0.2, 0) is 11.8 Å². The van der Waals surface area contributed by atoms with Gasteiger partial charge in [0, 0.05) is 24.8 Å². The summed E-state index contributed by atoms with van der Waals surface area (Å²) in [5.74, 6) is 0.914. The molecule has 10 heteroatoms. The molecule has 5 rings (SSSR count). The lowest BCUT2D eigenvalue weighted by Gasteiger charge is -2.34. The van der Waals surface area contributed by atoms with E-state index >= 15 is 0 Å². The van der Waals surface area contributed by atoms with Gasteiger partial charge in [0.25, 0.3) is 0 Å². The lowest BCUT2D eigenvalue weighted by atomic mass is 10.1. The van der Waals surface area contributed by atoms with Crippen molar-refractivity contribution >= 4 is 27.6 Å². The number of ether oxygens (including phenoxy) is 1. The molecule has 0 saturated carbocycles. The van der Waals surface area contributed by atoms with E-state index in [9.17, 15) is 0 Å². The Balaban J connectivity index is 1.77. The molecule has 0 aromatic carbocycles.